The van der Waals surface area contributed by atoms with Gasteiger partial charge in [-0.05, 0) is 37.8 Å². The van der Waals surface area contributed by atoms with Crippen LogP contribution in [0.25, 0.3) is 0 Å². The Labute approximate surface area is 110 Å². The standard InChI is InChI=1S/C13H17BrN2O/c1-9(10-5-2-3-6-11(10)14)16-12(17)13(15)7-4-8-13/h2-3,5-6,9H,4,7-8,15H2,1H3,(H,16,17)/t9-/m0/s1. The van der Waals surface area contributed by atoms with Crippen LogP contribution in [0.2, 0.25) is 0 Å². The average molecular weight is 297 g/mol. The quantitative estimate of drug-likeness (QED) is 0.900. The van der Waals surface area contributed by atoms with Crippen LogP contribution in [0, 0.1) is 0 Å². The van der Waals surface area contributed by atoms with Crippen LogP contribution >= 0.6 is 15.9 Å². The van der Waals surface area contributed by atoms with Gasteiger partial charge in [-0.15, -0.1) is 0 Å². The van der Waals surface area contributed by atoms with Gasteiger partial charge in [0.25, 0.3) is 0 Å². The van der Waals surface area contributed by atoms with Crippen LogP contribution in [0.4, 0.5) is 0 Å². The molecule has 1 aromatic carbocycles. The van der Waals surface area contributed by atoms with Crippen LogP contribution in [-0.4, -0.2) is 11.4 Å². The monoisotopic (exact) mass is 296 g/mol. The fourth-order valence-corrected chi connectivity index (χ4v) is 2.66. The van der Waals surface area contributed by atoms with Crippen molar-refractivity contribution in [3.8, 4) is 0 Å². The number of halogens is 1. The van der Waals surface area contributed by atoms with E-state index in [2.05, 4.69) is 21.2 Å². The lowest BCUT2D eigenvalue weighted by Gasteiger charge is -2.37. The van der Waals surface area contributed by atoms with Gasteiger partial charge in [0.1, 0.15) is 0 Å². The molecule has 1 saturated carbocycles. The Kier molecular flexibility index (Phi) is 3.54. The summed E-state index contributed by atoms with van der Waals surface area (Å²) in [6, 6.07) is 7.86. The maximum atomic E-state index is 12.0. The smallest absolute Gasteiger partial charge is 0.240 e. The van der Waals surface area contributed by atoms with Crippen molar-refractivity contribution in [2.24, 2.45) is 5.73 Å². The zero-order valence-electron chi connectivity index (χ0n) is 9.87. The molecule has 1 atom stereocenters. The molecule has 17 heavy (non-hydrogen) atoms. The molecule has 2 rings (SSSR count). The minimum atomic E-state index is -0.629. The lowest BCUT2D eigenvalue weighted by Crippen LogP contribution is -2.58. The first-order chi connectivity index (χ1) is 8.03. The molecule has 1 aromatic rings. The summed E-state index contributed by atoms with van der Waals surface area (Å²) in [5, 5.41) is 2.99. The molecule has 1 fully saturated rings. The molecule has 0 heterocycles. The van der Waals surface area contributed by atoms with Crippen LogP contribution in [0.5, 0.6) is 0 Å². The van der Waals surface area contributed by atoms with Crippen LogP contribution < -0.4 is 11.1 Å². The van der Waals surface area contributed by atoms with E-state index < -0.39 is 5.54 Å². The number of nitrogens with one attached hydrogen (secondary N) is 1. The Morgan fingerprint density at radius 1 is 1.47 bits per heavy atom. The highest BCUT2D eigenvalue weighted by Crippen LogP contribution is 2.30. The first-order valence-electron chi connectivity index (χ1n) is 5.87. The number of nitrogens with two attached hydrogens (primary N) is 1. The molecule has 0 saturated heterocycles. The molecule has 0 spiro atoms. The third-order valence-electron chi connectivity index (χ3n) is 3.42. The van der Waals surface area contributed by atoms with Gasteiger partial charge in [-0.2, -0.15) is 0 Å². The van der Waals surface area contributed by atoms with Crippen molar-refractivity contribution in [1.82, 2.24) is 5.32 Å². The van der Waals surface area contributed by atoms with Crippen molar-refractivity contribution in [1.29, 1.82) is 0 Å². The number of rotatable bonds is 3. The van der Waals surface area contributed by atoms with Crippen molar-refractivity contribution >= 4 is 21.8 Å². The minimum Gasteiger partial charge on any atom is -0.348 e. The van der Waals surface area contributed by atoms with E-state index in [0.29, 0.717) is 0 Å². The minimum absolute atomic E-state index is 0.0286. The number of amides is 1. The van der Waals surface area contributed by atoms with Crippen molar-refractivity contribution in [2.45, 2.75) is 37.8 Å². The fourth-order valence-electron chi connectivity index (χ4n) is 2.03. The molecule has 0 unspecified atom stereocenters. The second-order valence-electron chi connectivity index (χ2n) is 4.73. The van der Waals surface area contributed by atoms with Crippen molar-refractivity contribution in [2.75, 3.05) is 0 Å². The van der Waals surface area contributed by atoms with Gasteiger partial charge in [0.15, 0.2) is 0 Å². The van der Waals surface area contributed by atoms with E-state index in [1.165, 1.54) is 0 Å². The van der Waals surface area contributed by atoms with Gasteiger partial charge >= 0.3 is 0 Å². The summed E-state index contributed by atoms with van der Waals surface area (Å²) < 4.78 is 1.01. The first-order valence-corrected chi connectivity index (χ1v) is 6.66. The van der Waals surface area contributed by atoms with Gasteiger partial charge < -0.3 is 11.1 Å². The zero-order valence-corrected chi connectivity index (χ0v) is 11.5. The van der Waals surface area contributed by atoms with Gasteiger partial charge in [0.05, 0.1) is 11.6 Å². The normalized spacial score (nSPS) is 19.2. The number of benzene rings is 1. The number of carbonyl (C=O) groups is 1. The van der Waals surface area contributed by atoms with Gasteiger partial charge in [0.2, 0.25) is 5.91 Å². The Morgan fingerprint density at radius 3 is 2.65 bits per heavy atom. The average Bonchev–Trinajstić information content (AvgIpc) is 2.26. The van der Waals surface area contributed by atoms with E-state index >= 15 is 0 Å². The van der Waals surface area contributed by atoms with E-state index in [1.807, 2.05) is 31.2 Å². The summed E-state index contributed by atoms with van der Waals surface area (Å²) in [4.78, 5) is 12.0. The summed E-state index contributed by atoms with van der Waals surface area (Å²) in [7, 11) is 0. The van der Waals surface area contributed by atoms with Gasteiger partial charge in [-0.1, -0.05) is 34.1 Å². The molecule has 3 nitrogen and oxygen atoms in total. The summed E-state index contributed by atoms with van der Waals surface area (Å²) >= 11 is 3.49. The van der Waals surface area contributed by atoms with Crippen LogP contribution in [0.3, 0.4) is 0 Å². The summed E-state index contributed by atoms with van der Waals surface area (Å²) in [5.74, 6) is -0.0352. The maximum Gasteiger partial charge on any atom is 0.240 e. The highest BCUT2D eigenvalue weighted by Gasteiger charge is 2.40. The topological polar surface area (TPSA) is 55.1 Å². The number of carbonyl (C=O) groups excluding carboxylic acids is 1. The molecular formula is C13H17BrN2O. The van der Waals surface area contributed by atoms with Crippen LogP contribution in [0.15, 0.2) is 28.7 Å². The molecular weight excluding hydrogens is 280 g/mol. The maximum absolute atomic E-state index is 12.0. The zero-order chi connectivity index (χ0) is 12.5. The third-order valence-corrected chi connectivity index (χ3v) is 4.14. The SMILES string of the molecule is C[C@H](NC(=O)C1(N)CCC1)c1ccccc1Br. The molecule has 0 aromatic heterocycles. The van der Waals surface area contributed by atoms with Crippen molar-refractivity contribution in [3.63, 3.8) is 0 Å². The second kappa shape index (κ2) is 4.78. The van der Waals surface area contributed by atoms with Crippen molar-refractivity contribution in [3.05, 3.63) is 34.3 Å². The van der Waals surface area contributed by atoms with Gasteiger partial charge in [-0.3, -0.25) is 4.79 Å². The Hall–Kier alpha value is -0.870. The number of hydrogen-bond acceptors (Lipinski definition) is 2. The van der Waals surface area contributed by atoms with Crippen molar-refractivity contribution < 1.29 is 4.79 Å². The molecule has 3 N–H and O–H groups in total. The molecule has 0 radical (unpaired) electrons. The van der Waals surface area contributed by atoms with Crippen LogP contribution in [0.1, 0.15) is 37.8 Å². The summed E-state index contributed by atoms with van der Waals surface area (Å²) in [6.45, 7) is 1.97. The molecule has 0 aliphatic heterocycles. The predicted octanol–water partition coefficient (Wildman–Crippen LogP) is 2.51. The predicted molar refractivity (Wildman–Crippen MR) is 71.5 cm³/mol. The third kappa shape index (κ3) is 2.53. The molecule has 0 bridgehead atoms. The molecule has 1 aliphatic rings. The Balaban J connectivity index is 2.04. The van der Waals surface area contributed by atoms with Gasteiger partial charge in [0, 0.05) is 4.47 Å². The van der Waals surface area contributed by atoms with E-state index in [-0.39, 0.29) is 11.9 Å². The lowest BCUT2D eigenvalue weighted by molar-refractivity contribution is -0.129. The molecule has 4 heteroatoms. The summed E-state index contributed by atoms with van der Waals surface area (Å²) in [5.41, 5.74) is 6.43. The Bertz CT molecular complexity index is 429. The molecule has 92 valence electrons. The van der Waals surface area contributed by atoms with E-state index in [1.54, 1.807) is 0 Å². The Morgan fingerprint density at radius 2 is 2.12 bits per heavy atom. The molecule has 1 aliphatic carbocycles. The first kappa shape index (κ1) is 12.6. The molecule has 1 amide bonds. The second-order valence-corrected chi connectivity index (χ2v) is 5.58. The van der Waals surface area contributed by atoms with E-state index in [4.69, 9.17) is 5.73 Å². The van der Waals surface area contributed by atoms with Gasteiger partial charge in [-0.25, -0.2) is 0 Å². The number of hydrogen-bond donors (Lipinski definition) is 2. The van der Waals surface area contributed by atoms with E-state index in [0.717, 1.165) is 29.3 Å². The highest BCUT2D eigenvalue weighted by atomic mass is 79.9. The van der Waals surface area contributed by atoms with Crippen LogP contribution in [-0.2, 0) is 4.79 Å². The summed E-state index contributed by atoms with van der Waals surface area (Å²) in [6.07, 6.45) is 2.64. The fraction of sp³-hybridized carbons (Fsp3) is 0.462. The highest BCUT2D eigenvalue weighted by molar-refractivity contribution is 9.10. The largest absolute Gasteiger partial charge is 0.348 e. The van der Waals surface area contributed by atoms with E-state index in [9.17, 15) is 4.79 Å². The lowest BCUT2D eigenvalue weighted by atomic mass is 9.77.